The Kier molecular flexibility index (Phi) is 6.11. The van der Waals surface area contributed by atoms with E-state index in [1.165, 1.54) is 11.3 Å². The fraction of sp³-hybridized carbons (Fsp3) is 0.684. The van der Waals surface area contributed by atoms with E-state index in [2.05, 4.69) is 52.8 Å². The van der Waals surface area contributed by atoms with Gasteiger partial charge in [-0.1, -0.05) is 18.2 Å². The SMILES string of the molecule is CC1CN(c2ccccc2CN2CCN(CCO)CC2)CC(C)O1. The molecular formula is C19H31N3O2. The van der Waals surface area contributed by atoms with Crippen LogP contribution in [-0.2, 0) is 11.3 Å². The summed E-state index contributed by atoms with van der Waals surface area (Å²) in [6.45, 7) is 12.6. The van der Waals surface area contributed by atoms with Gasteiger partial charge in [-0.05, 0) is 25.5 Å². The van der Waals surface area contributed by atoms with Gasteiger partial charge >= 0.3 is 0 Å². The molecule has 0 aliphatic carbocycles. The second-order valence-corrected chi connectivity index (χ2v) is 7.13. The highest BCUT2D eigenvalue weighted by atomic mass is 16.5. The number of nitrogens with zero attached hydrogens (tertiary/aromatic N) is 3. The van der Waals surface area contributed by atoms with Gasteiger partial charge in [0.1, 0.15) is 0 Å². The van der Waals surface area contributed by atoms with E-state index in [9.17, 15) is 0 Å². The van der Waals surface area contributed by atoms with E-state index in [4.69, 9.17) is 9.84 Å². The number of rotatable bonds is 5. The number of aliphatic hydroxyl groups excluding tert-OH is 1. The fourth-order valence-electron chi connectivity index (χ4n) is 3.88. The van der Waals surface area contributed by atoms with Crippen LogP contribution < -0.4 is 4.90 Å². The molecule has 24 heavy (non-hydrogen) atoms. The number of piperazine rings is 1. The molecule has 1 aromatic rings. The van der Waals surface area contributed by atoms with Crippen molar-refractivity contribution in [3.8, 4) is 0 Å². The van der Waals surface area contributed by atoms with Gasteiger partial charge in [-0.3, -0.25) is 9.80 Å². The van der Waals surface area contributed by atoms with E-state index < -0.39 is 0 Å². The van der Waals surface area contributed by atoms with E-state index in [1.54, 1.807) is 0 Å². The molecule has 1 aromatic carbocycles. The molecule has 1 N–H and O–H groups in total. The molecule has 3 rings (SSSR count). The molecule has 2 fully saturated rings. The molecule has 2 aliphatic rings. The van der Waals surface area contributed by atoms with Crippen LogP contribution in [0.2, 0.25) is 0 Å². The third kappa shape index (κ3) is 4.48. The topological polar surface area (TPSA) is 39.2 Å². The second-order valence-electron chi connectivity index (χ2n) is 7.13. The number of anilines is 1. The first-order valence-electron chi connectivity index (χ1n) is 9.19. The van der Waals surface area contributed by atoms with Crippen molar-refractivity contribution in [3.05, 3.63) is 29.8 Å². The highest BCUT2D eigenvalue weighted by molar-refractivity contribution is 5.54. The van der Waals surface area contributed by atoms with Gasteiger partial charge in [0.05, 0.1) is 18.8 Å². The summed E-state index contributed by atoms with van der Waals surface area (Å²) >= 11 is 0. The van der Waals surface area contributed by atoms with Gasteiger partial charge in [0, 0.05) is 58.0 Å². The third-order valence-corrected chi connectivity index (χ3v) is 5.03. The maximum absolute atomic E-state index is 9.07. The molecule has 0 radical (unpaired) electrons. The lowest BCUT2D eigenvalue weighted by atomic mass is 10.1. The summed E-state index contributed by atoms with van der Waals surface area (Å²) in [5.41, 5.74) is 2.77. The average molecular weight is 333 g/mol. The number of benzene rings is 1. The van der Waals surface area contributed by atoms with E-state index in [1.807, 2.05) is 0 Å². The van der Waals surface area contributed by atoms with Crippen LogP contribution in [0.5, 0.6) is 0 Å². The van der Waals surface area contributed by atoms with Gasteiger partial charge in [0.25, 0.3) is 0 Å². The van der Waals surface area contributed by atoms with Crippen LogP contribution in [-0.4, -0.2) is 79.5 Å². The normalized spacial score (nSPS) is 26.7. The van der Waals surface area contributed by atoms with Gasteiger partial charge in [-0.15, -0.1) is 0 Å². The third-order valence-electron chi connectivity index (χ3n) is 5.03. The van der Waals surface area contributed by atoms with Crippen molar-refractivity contribution >= 4 is 5.69 Å². The van der Waals surface area contributed by atoms with Crippen molar-refractivity contribution in [2.45, 2.75) is 32.6 Å². The number of hydrogen-bond acceptors (Lipinski definition) is 5. The summed E-state index contributed by atoms with van der Waals surface area (Å²) < 4.78 is 5.88. The number of β-amino-alcohol motifs (C(OH)–C–C–N with tert-alkyl or cyclic N) is 1. The van der Waals surface area contributed by atoms with Crippen molar-refractivity contribution in [1.29, 1.82) is 0 Å². The van der Waals surface area contributed by atoms with Gasteiger partial charge in [-0.2, -0.15) is 0 Å². The standard InChI is InChI=1S/C19H31N3O2/c1-16-13-22(14-17(2)24-16)19-6-4-3-5-18(19)15-21-9-7-20(8-10-21)11-12-23/h3-6,16-17,23H,7-15H2,1-2H3. The van der Waals surface area contributed by atoms with Crippen molar-refractivity contribution in [3.63, 3.8) is 0 Å². The quantitative estimate of drug-likeness (QED) is 0.882. The van der Waals surface area contributed by atoms with E-state index in [0.29, 0.717) is 0 Å². The molecule has 0 amide bonds. The molecule has 2 saturated heterocycles. The fourth-order valence-corrected chi connectivity index (χ4v) is 3.88. The van der Waals surface area contributed by atoms with Crippen LogP contribution >= 0.6 is 0 Å². The minimum Gasteiger partial charge on any atom is -0.395 e. The molecule has 2 heterocycles. The summed E-state index contributed by atoms with van der Waals surface area (Å²) in [6, 6.07) is 8.80. The predicted molar refractivity (Wildman–Crippen MR) is 97.5 cm³/mol. The Morgan fingerprint density at radius 3 is 2.29 bits per heavy atom. The second kappa shape index (κ2) is 8.30. The zero-order valence-electron chi connectivity index (χ0n) is 15.0. The molecule has 0 spiro atoms. The Balaban J connectivity index is 1.64. The van der Waals surface area contributed by atoms with Gasteiger partial charge in [0.15, 0.2) is 0 Å². The summed E-state index contributed by atoms with van der Waals surface area (Å²) in [6.07, 6.45) is 0.563. The Bertz CT molecular complexity index is 507. The van der Waals surface area contributed by atoms with Crippen molar-refractivity contribution < 1.29 is 9.84 Å². The largest absolute Gasteiger partial charge is 0.395 e. The van der Waals surface area contributed by atoms with Crippen LogP contribution in [0.3, 0.4) is 0 Å². The Morgan fingerprint density at radius 2 is 1.62 bits per heavy atom. The van der Waals surface area contributed by atoms with Crippen LogP contribution in [0.15, 0.2) is 24.3 Å². The lowest BCUT2D eigenvalue weighted by Gasteiger charge is -2.39. The number of aliphatic hydroxyl groups is 1. The minimum absolute atomic E-state index is 0.260. The zero-order chi connectivity index (χ0) is 16.9. The van der Waals surface area contributed by atoms with Crippen LogP contribution in [0.4, 0.5) is 5.69 Å². The summed E-state index contributed by atoms with van der Waals surface area (Å²) in [5.74, 6) is 0. The summed E-state index contributed by atoms with van der Waals surface area (Å²) in [4.78, 5) is 7.35. The first kappa shape index (κ1) is 17.7. The smallest absolute Gasteiger partial charge is 0.0726 e. The lowest BCUT2D eigenvalue weighted by Crippen LogP contribution is -2.47. The van der Waals surface area contributed by atoms with Crippen LogP contribution in [0, 0.1) is 0 Å². The molecule has 2 atom stereocenters. The molecule has 0 bridgehead atoms. The highest BCUT2D eigenvalue weighted by Crippen LogP contribution is 2.26. The lowest BCUT2D eigenvalue weighted by molar-refractivity contribution is -0.00531. The molecule has 5 heteroatoms. The Morgan fingerprint density at radius 1 is 1.00 bits per heavy atom. The Labute approximate surface area is 145 Å². The summed E-state index contributed by atoms with van der Waals surface area (Å²) in [7, 11) is 0. The predicted octanol–water partition coefficient (Wildman–Crippen LogP) is 1.41. The minimum atomic E-state index is 0.260. The average Bonchev–Trinajstić information content (AvgIpc) is 2.56. The first-order valence-corrected chi connectivity index (χ1v) is 9.19. The maximum Gasteiger partial charge on any atom is 0.0726 e. The molecule has 5 nitrogen and oxygen atoms in total. The van der Waals surface area contributed by atoms with E-state index >= 15 is 0 Å². The number of para-hydroxylation sites is 1. The van der Waals surface area contributed by atoms with Crippen molar-refractivity contribution in [1.82, 2.24) is 9.80 Å². The van der Waals surface area contributed by atoms with Gasteiger partial charge < -0.3 is 14.7 Å². The first-order chi connectivity index (χ1) is 11.7. The highest BCUT2D eigenvalue weighted by Gasteiger charge is 2.24. The molecule has 0 aromatic heterocycles. The van der Waals surface area contributed by atoms with Crippen LogP contribution in [0.1, 0.15) is 19.4 Å². The van der Waals surface area contributed by atoms with Gasteiger partial charge in [-0.25, -0.2) is 0 Å². The molecule has 2 unspecified atom stereocenters. The molecular weight excluding hydrogens is 302 g/mol. The van der Waals surface area contributed by atoms with E-state index in [-0.39, 0.29) is 18.8 Å². The molecule has 2 aliphatic heterocycles. The van der Waals surface area contributed by atoms with Crippen molar-refractivity contribution in [2.75, 3.05) is 57.3 Å². The maximum atomic E-state index is 9.07. The molecule has 134 valence electrons. The number of ether oxygens (including phenoxy) is 1. The monoisotopic (exact) mass is 333 g/mol. The number of morpholine rings is 1. The molecule has 0 saturated carbocycles. The van der Waals surface area contributed by atoms with Crippen molar-refractivity contribution in [2.24, 2.45) is 0 Å². The zero-order valence-corrected chi connectivity index (χ0v) is 15.0. The Hall–Kier alpha value is -1.14. The van der Waals surface area contributed by atoms with E-state index in [0.717, 1.165) is 52.4 Å². The van der Waals surface area contributed by atoms with Gasteiger partial charge in [0.2, 0.25) is 0 Å². The number of hydrogen-bond donors (Lipinski definition) is 1. The summed E-state index contributed by atoms with van der Waals surface area (Å²) in [5, 5.41) is 9.07. The van der Waals surface area contributed by atoms with Crippen LogP contribution in [0.25, 0.3) is 0 Å².